The largest absolute Gasteiger partial charge is 0.299 e. The lowest BCUT2D eigenvalue weighted by molar-refractivity contribution is -0.117. The first-order valence-electron chi connectivity index (χ1n) is 6.51. The van der Waals surface area contributed by atoms with E-state index in [-0.39, 0.29) is 5.41 Å². The van der Waals surface area contributed by atoms with Gasteiger partial charge in [-0.05, 0) is 32.9 Å². The van der Waals surface area contributed by atoms with Gasteiger partial charge in [-0.25, -0.2) is 0 Å². The summed E-state index contributed by atoms with van der Waals surface area (Å²) in [4.78, 5) is 11.5. The lowest BCUT2D eigenvalue weighted by atomic mass is 9.85. The summed E-state index contributed by atoms with van der Waals surface area (Å²) >= 11 is 0. The van der Waals surface area contributed by atoms with Crippen LogP contribution in [0.15, 0.2) is 30.3 Å². The predicted octanol–water partition coefficient (Wildman–Crippen LogP) is 3.81. The third-order valence-corrected chi connectivity index (χ3v) is 3.80. The topological polar surface area (TPSA) is 17.1 Å². The molecule has 2 aromatic rings. The molecule has 0 N–H and O–H groups in total. The summed E-state index contributed by atoms with van der Waals surface area (Å²) < 4.78 is 0. The van der Waals surface area contributed by atoms with E-state index >= 15 is 0 Å². The molecule has 0 amide bonds. The zero-order valence-electron chi connectivity index (χ0n) is 11.2. The van der Waals surface area contributed by atoms with Gasteiger partial charge in [-0.3, -0.25) is 4.79 Å². The van der Waals surface area contributed by atoms with Crippen LogP contribution in [0.4, 0.5) is 0 Å². The second kappa shape index (κ2) is 3.68. The number of hydrogen-bond donors (Lipinski definition) is 0. The standard InChI is InChI=1S/C17H18O/c1-17(2,3)15-5-4-11-6-13-9-16(18)10-14(13)7-12(11)8-15/h4-8H,9-10H2,1-3H3. The molecule has 18 heavy (non-hydrogen) atoms. The molecule has 0 spiro atoms. The molecule has 0 fully saturated rings. The van der Waals surface area contributed by atoms with Crippen molar-refractivity contribution in [2.45, 2.75) is 39.0 Å². The van der Waals surface area contributed by atoms with Crippen molar-refractivity contribution in [2.75, 3.05) is 0 Å². The second-order valence-corrected chi connectivity index (χ2v) is 6.33. The number of fused-ring (bicyclic) bond motifs is 2. The molecule has 0 unspecified atom stereocenters. The highest BCUT2D eigenvalue weighted by molar-refractivity contribution is 5.93. The Bertz CT molecular complexity index is 644. The van der Waals surface area contributed by atoms with Crippen molar-refractivity contribution in [3.8, 4) is 0 Å². The molecule has 0 saturated carbocycles. The highest BCUT2D eigenvalue weighted by Crippen LogP contribution is 2.30. The van der Waals surface area contributed by atoms with Gasteiger partial charge in [0.1, 0.15) is 5.78 Å². The average molecular weight is 238 g/mol. The first-order valence-corrected chi connectivity index (χ1v) is 6.51. The fraction of sp³-hybridized carbons (Fsp3) is 0.353. The quantitative estimate of drug-likeness (QED) is 0.682. The van der Waals surface area contributed by atoms with Crippen LogP contribution in [-0.4, -0.2) is 5.78 Å². The molecule has 1 nitrogen and oxygen atoms in total. The van der Waals surface area contributed by atoms with E-state index in [2.05, 4.69) is 51.1 Å². The molecule has 0 radical (unpaired) electrons. The van der Waals surface area contributed by atoms with E-state index in [0.29, 0.717) is 18.6 Å². The van der Waals surface area contributed by atoms with Crippen LogP contribution in [0, 0.1) is 0 Å². The van der Waals surface area contributed by atoms with Crippen molar-refractivity contribution < 1.29 is 4.79 Å². The molecule has 0 aromatic heterocycles. The fourth-order valence-electron chi connectivity index (χ4n) is 2.67. The Balaban J connectivity index is 2.19. The zero-order valence-corrected chi connectivity index (χ0v) is 11.2. The Morgan fingerprint density at radius 1 is 0.889 bits per heavy atom. The van der Waals surface area contributed by atoms with Gasteiger partial charge >= 0.3 is 0 Å². The third kappa shape index (κ3) is 1.84. The van der Waals surface area contributed by atoms with Crippen molar-refractivity contribution in [3.05, 3.63) is 47.0 Å². The fourth-order valence-corrected chi connectivity index (χ4v) is 2.67. The first kappa shape index (κ1) is 11.5. The molecule has 0 aliphatic heterocycles. The van der Waals surface area contributed by atoms with E-state index in [4.69, 9.17) is 0 Å². The van der Waals surface area contributed by atoms with Crippen molar-refractivity contribution in [3.63, 3.8) is 0 Å². The minimum Gasteiger partial charge on any atom is -0.299 e. The maximum Gasteiger partial charge on any atom is 0.141 e. The van der Waals surface area contributed by atoms with Gasteiger partial charge in [0.25, 0.3) is 0 Å². The molecule has 1 aliphatic rings. The second-order valence-electron chi connectivity index (χ2n) is 6.33. The Kier molecular flexibility index (Phi) is 2.34. The van der Waals surface area contributed by atoms with Gasteiger partial charge < -0.3 is 0 Å². The molecular weight excluding hydrogens is 220 g/mol. The van der Waals surface area contributed by atoms with Crippen LogP contribution in [0.2, 0.25) is 0 Å². The number of Topliss-reactive ketones (excluding diaryl/α,β-unsaturated/α-hetero) is 1. The number of benzene rings is 2. The number of carbonyl (C=O) groups is 1. The predicted molar refractivity (Wildman–Crippen MR) is 75.1 cm³/mol. The van der Waals surface area contributed by atoms with Crippen molar-refractivity contribution >= 4 is 16.6 Å². The van der Waals surface area contributed by atoms with Gasteiger partial charge in [0.05, 0.1) is 0 Å². The summed E-state index contributed by atoms with van der Waals surface area (Å²) in [5, 5.41) is 2.51. The van der Waals surface area contributed by atoms with Crippen LogP contribution in [0.1, 0.15) is 37.5 Å². The number of hydrogen-bond acceptors (Lipinski definition) is 1. The van der Waals surface area contributed by atoms with Crippen molar-refractivity contribution in [2.24, 2.45) is 0 Å². The minimum atomic E-state index is 0.170. The molecule has 0 saturated heterocycles. The molecule has 0 bridgehead atoms. The molecular formula is C17H18O. The number of rotatable bonds is 0. The Labute approximate surface area is 108 Å². The summed E-state index contributed by atoms with van der Waals surface area (Å²) in [5.74, 6) is 0.344. The average Bonchev–Trinajstić information content (AvgIpc) is 2.62. The molecule has 92 valence electrons. The lowest BCUT2D eigenvalue weighted by Gasteiger charge is -2.19. The molecule has 0 atom stereocenters. The van der Waals surface area contributed by atoms with Crippen LogP contribution < -0.4 is 0 Å². The van der Waals surface area contributed by atoms with E-state index in [1.165, 1.54) is 27.5 Å². The van der Waals surface area contributed by atoms with Crippen LogP contribution in [0.25, 0.3) is 10.8 Å². The van der Waals surface area contributed by atoms with E-state index in [1.54, 1.807) is 0 Å². The van der Waals surface area contributed by atoms with E-state index in [0.717, 1.165) is 0 Å². The molecule has 2 aromatic carbocycles. The van der Waals surface area contributed by atoms with Crippen molar-refractivity contribution in [1.82, 2.24) is 0 Å². The van der Waals surface area contributed by atoms with E-state index < -0.39 is 0 Å². The Morgan fingerprint density at radius 3 is 2.11 bits per heavy atom. The summed E-state index contributed by atoms with van der Waals surface area (Å²) in [5.41, 5.74) is 3.96. The highest BCUT2D eigenvalue weighted by Gasteiger charge is 2.19. The van der Waals surface area contributed by atoms with Gasteiger partial charge in [0.2, 0.25) is 0 Å². The van der Waals surface area contributed by atoms with Gasteiger partial charge in [-0.1, -0.05) is 51.1 Å². The Morgan fingerprint density at radius 2 is 1.50 bits per heavy atom. The monoisotopic (exact) mass is 238 g/mol. The summed E-state index contributed by atoms with van der Waals surface area (Å²) in [6.45, 7) is 6.68. The van der Waals surface area contributed by atoms with Crippen LogP contribution >= 0.6 is 0 Å². The number of ketones is 1. The van der Waals surface area contributed by atoms with Crippen LogP contribution in [0.5, 0.6) is 0 Å². The van der Waals surface area contributed by atoms with Gasteiger partial charge in [-0.15, -0.1) is 0 Å². The maximum absolute atomic E-state index is 11.5. The van der Waals surface area contributed by atoms with E-state index in [9.17, 15) is 4.79 Å². The van der Waals surface area contributed by atoms with Crippen molar-refractivity contribution in [1.29, 1.82) is 0 Å². The first-order chi connectivity index (χ1) is 8.43. The van der Waals surface area contributed by atoms with Gasteiger partial charge in [0.15, 0.2) is 0 Å². The SMILES string of the molecule is CC(C)(C)c1ccc2cc3c(cc2c1)CC(=O)C3. The molecule has 1 heteroatoms. The molecule has 0 heterocycles. The normalized spacial score (nSPS) is 15.2. The minimum absolute atomic E-state index is 0.170. The van der Waals surface area contributed by atoms with Gasteiger partial charge in [-0.2, -0.15) is 0 Å². The Hall–Kier alpha value is -1.63. The maximum atomic E-state index is 11.5. The summed E-state index contributed by atoms with van der Waals surface area (Å²) in [6, 6.07) is 11.0. The van der Waals surface area contributed by atoms with Crippen LogP contribution in [0.3, 0.4) is 0 Å². The molecule has 1 aliphatic carbocycles. The lowest BCUT2D eigenvalue weighted by Crippen LogP contribution is -2.10. The van der Waals surface area contributed by atoms with Gasteiger partial charge in [0, 0.05) is 12.8 Å². The zero-order chi connectivity index (χ0) is 12.9. The highest BCUT2D eigenvalue weighted by atomic mass is 16.1. The third-order valence-electron chi connectivity index (χ3n) is 3.80. The van der Waals surface area contributed by atoms with E-state index in [1.807, 2.05) is 0 Å². The smallest absolute Gasteiger partial charge is 0.141 e. The summed E-state index contributed by atoms with van der Waals surface area (Å²) in [7, 11) is 0. The number of carbonyl (C=O) groups excluding carboxylic acids is 1. The molecule has 3 rings (SSSR count). The van der Waals surface area contributed by atoms with Crippen LogP contribution in [-0.2, 0) is 23.1 Å². The summed E-state index contributed by atoms with van der Waals surface area (Å²) in [6.07, 6.45) is 1.23.